The highest BCUT2D eigenvalue weighted by Crippen LogP contribution is 2.31. The molecule has 9 heteroatoms. The molecule has 1 aliphatic heterocycles. The average Bonchev–Trinajstić information content (AvgIpc) is 3.07. The van der Waals surface area contributed by atoms with Gasteiger partial charge in [-0.05, 0) is 48.6 Å². The van der Waals surface area contributed by atoms with Crippen LogP contribution >= 0.6 is 0 Å². The van der Waals surface area contributed by atoms with E-state index in [2.05, 4.69) is 28.2 Å². The number of sulfonamides is 2. The molecule has 2 aromatic carbocycles. The Labute approximate surface area is 198 Å². The molecule has 1 fully saturated rings. The summed E-state index contributed by atoms with van der Waals surface area (Å²) in [6, 6.07) is 15.2. The van der Waals surface area contributed by atoms with Crippen LogP contribution in [0.1, 0.15) is 39.2 Å². The quantitative estimate of drug-likeness (QED) is 0.558. The molecule has 0 aromatic heterocycles. The number of nitrogens with zero attached hydrogens (tertiary/aromatic N) is 1. The van der Waals surface area contributed by atoms with Gasteiger partial charge in [-0.25, -0.2) is 21.6 Å². The second-order valence-electron chi connectivity index (χ2n) is 9.61. The zero-order valence-corrected chi connectivity index (χ0v) is 21.6. The number of anilines is 1. The Bertz CT molecular complexity index is 1160. The third-order valence-electron chi connectivity index (χ3n) is 5.79. The van der Waals surface area contributed by atoms with E-state index < -0.39 is 25.3 Å². The summed E-state index contributed by atoms with van der Waals surface area (Å²) in [5.74, 6) is 0.561. The van der Waals surface area contributed by atoms with Gasteiger partial charge < -0.3 is 4.90 Å². The van der Waals surface area contributed by atoms with Crippen LogP contribution in [0.5, 0.6) is 0 Å². The van der Waals surface area contributed by atoms with Crippen LogP contribution in [-0.2, 0) is 20.0 Å². The lowest BCUT2D eigenvalue weighted by Gasteiger charge is -2.22. The molecule has 0 amide bonds. The molecule has 0 bridgehead atoms. The van der Waals surface area contributed by atoms with E-state index in [0.29, 0.717) is 18.2 Å². The number of rotatable bonds is 9. The summed E-state index contributed by atoms with van der Waals surface area (Å²) in [5.41, 5.74) is 3.47. The molecule has 7 nitrogen and oxygen atoms in total. The highest BCUT2D eigenvalue weighted by molar-refractivity contribution is 7.92. The number of hydrogen-bond acceptors (Lipinski definition) is 5. The van der Waals surface area contributed by atoms with Crippen LogP contribution in [0, 0.1) is 5.92 Å². The number of nitrogens with one attached hydrogen (secondary N) is 2. The van der Waals surface area contributed by atoms with Crippen molar-refractivity contribution in [1.29, 1.82) is 0 Å². The number of benzene rings is 2. The smallest absolute Gasteiger partial charge is 0.229 e. The molecule has 1 aliphatic rings. The zero-order chi connectivity index (χ0) is 24.4. The fourth-order valence-corrected chi connectivity index (χ4v) is 5.74. The van der Waals surface area contributed by atoms with E-state index in [4.69, 9.17) is 0 Å². The van der Waals surface area contributed by atoms with Crippen LogP contribution in [0.4, 0.5) is 5.69 Å². The van der Waals surface area contributed by atoms with E-state index in [-0.39, 0.29) is 12.0 Å². The highest BCUT2D eigenvalue weighted by atomic mass is 32.2. The van der Waals surface area contributed by atoms with E-state index >= 15 is 0 Å². The van der Waals surface area contributed by atoms with Crippen molar-refractivity contribution >= 4 is 25.7 Å². The summed E-state index contributed by atoms with van der Waals surface area (Å²) >= 11 is 0. The minimum Gasteiger partial charge on any atom is -0.301 e. The van der Waals surface area contributed by atoms with Gasteiger partial charge in [-0.1, -0.05) is 50.2 Å². The molecule has 0 spiro atoms. The van der Waals surface area contributed by atoms with Crippen molar-refractivity contribution in [1.82, 2.24) is 9.62 Å². The third kappa shape index (κ3) is 7.02. The van der Waals surface area contributed by atoms with E-state index in [0.717, 1.165) is 36.0 Å². The van der Waals surface area contributed by atoms with Crippen LogP contribution in [0.25, 0.3) is 11.1 Å². The van der Waals surface area contributed by atoms with Crippen molar-refractivity contribution in [3.05, 3.63) is 54.1 Å². The van der Waals surface area contributed by atoms with Crippen molar-refractivity contribution in [3.8, 4) is 11.1 Å². The molecule has 0 radical (unpaired) electrons. The van der Waals surface area contributed by atoms with Gasteiger partial charge in [0.1, 0.15) is 0 Å². The Morgan fingerprint density at radius 1 is 0.939 bits per heavy atom. The maximum absolute atomic E-state index is 12.6. The molecule has 1 saturated heterocycles. The second kappa shape index (κ2) is 10.1. The van der Waals surface area contributed by atoms with E-state index in [1.807, 2.05) is 36.4 Å². The van der Waals surface area contributed by atoms with Gasteiger partial charge >= 0.3 is 0 Å². The summed E-state index contributed by atoms with van der Waals surface area (Å²) in [6.07, 6.45) is 1.13. The molecule has 2 N–H and O–H groups in total. The standard InChI is InChI=1S/C24H35N3O4S2/c1-17(2)14-27-15-23(24(16-27)26-33(30,31)18(3)4)20-11-9-19(10-12-20)21-7-6-8-22(13-21)25-32(5,28)29/h6-13,17-18,23-26H,14-16H2,1-5H3/t23-,24+/m0/s1. The van der Waals surface area contributed by atoms with Gasteiger partial charge in [-0.2, -0.15) is 0 Å². The van der Waals surface area contributed by atoms with E-state index in [9.17, 15) is 16.8 Å². The minimum absolute atomic E-state index is 0.0598. The minimum atomic E-state index is -3.38. The molecule has 2 aromatic rings. The Balaban J connectivity index is 1.84. The van der Waals surface area contributed by atoms with Crippen molar-refractivity contribution in [2.75, 3.05) is 30.6 Å². The van der Waals surface area contributed by atoms with Crippen molar-refractivity contribution < 1.29 is 16.8 Å². The predicted molar refractivity (Wildman–Crippen MR) is 135 cm³/mol. The lowest BCUT2D eigenvalue weighted by Crippen LogP contribution is -2.43. The maximum Gasteiger partial charge on any atom is 0.229 e. The van der Waals surface area contributed by atoms with Gasteiger partial charge in [0, 0.05) is 37.3 Å². The highest BCUT2D eigenvalue weighted by Gasteiger charge is 2.37. The average molecular weight is 494 g/mol. The van der Waals surface area contributed by atoms with Crippen molar-refractivity contribution in [2.24, 2.45) is 5.92 Å². The summed E-state index contributed by atoms with van der Waals surface area (Å²) in [4.78, 5) is 2.33. The van der Waals surface area contributed by atoms with Gasteiger partial charge in [0.2, 0.25) is 20.0 Å². The predicted octanol–water partition coefficient (Wildman–Crippen LogP) is 3.48. The number of likely N-dealkylation sites (tertiary alicyclic amines) is 1. The Morgan fingerprint density at radius 2 is 1.61 bits per heavy atom. The normalized spacial score (nSPS) is 20.0. The summed E-state index contributed by atoms with van der Waals surface area (Å²) in [7, 11) is -6.72. The van der Waals surface area contributed by atoms with E-state index in [1.54, 1.807) is 26.0 Å². The summed E-state index contributed by atoms with van der Waals surface area (Å²) in [6.45, 7) is 10.1. The van der Waals surface area contributed by atoms with Crippen LogP contribution in [0.15, 0.2) is 48.5 Å². The molecule has 3 rings (SSSR count). The van der Waals surface area contributed by atoms with Crippen LogP contribution in [-0.4, -0.2) is 58.9 Å². The van der Waals surface area contributed by atoms with Gasteiger partial charge in [0.15, 0.2) is 0 Å². The van der Waals surface area contributed by atoms with Crippen LogP contribution in [0.3, 0.4) is 0 Å². The maximum atomic E-state index is 12.6. The molecule has 1 heterocycles. The molecular formula is C24H35N3O4S2. The molecule has 0 unspecified atom stereocenters. The molecule has 0 aliphatic carbocycles. The fraction of sp³-hybridized carbons (Fsp3) is 0.500. The van der Waals surface area contributed by atoms with Gasteiger partial charge in [0.05, 0.1) is 11.5 Å². The number of hydrogen-bond donors (Lipinski definition) is 2. The fourth-order valence-electron chi connectivity index (χ4n) is 4.25. The summed E-state index contributed by atoms with van der Waals surface area (Å²) in [5, 5.41) is -0.479. The summed E-state index contributed by atoms with van der Waals surface area (Å²) < 4.78 is 53.7. The molecule has 182 valence electrons. The third-order valence-corrected chi connectivity index (χ3v) is 8.27. The van der Waals surface area contributed by atoms with E-state index in [1.165, 1.54) is 0 Å². The van der Waals surface area contributed by atoms with Gasteiger partial charge in [-0.15, -0.1) is 0 Å². The Kier molecular flexibility index (Phi) is 7.88. The van der Waals surface area contributed by atoms with Crippen molar-refractivity contribution in [2.45, 2.75) is 44.9 Å². The van der Waals surface area contributed by atoms with Gasteiger partial charge in [0.25, 0.3) is 0 Å². The molecule has 33 heavy (non-hydrogen) atoms. The van der Waals surface area contributed by atoms with Crippen LogP contribution in [0.2, 0.25) is 0 Å². The first-order chi connectivity index (χ1) is 15.3. The second-order valence-corrected chi connectivity index (χ2v) is 13.6. The largest absolute Gasteiger partial charge is 0.301 e. The first-order valence-electron chi connectivity index (χ1n) is 11.3. The molecule has 0 saturated carbocycles. The molecule has 2 atom stereocenters. The first kappa shape index (κ1) is 25.7. The lowest BCUT2D eigenvalue weighted by molar-refractivity contribution is 0.291. The molecular weight excluding hydrogens is 458 g/mol. The Morgan fingerprint density at radius 3 is 2.18 bits per heavy atom. The van der Waals surface area contributed by atoms with Crippen LogP contribution < -0.4 is 9.44 Å². The SMILES string of the molecule is CC(C)CN1C[C@@H](NS(=O)(=O)C(C)C)[C@H](c2ccc(-c3cccc(NS(C)(=O)=O)c3)cc2)C1. The Hall–Kier alpha value is -1.94. The van der Waals surface area contributed by atoms with Gasteiger partial charge in [-0.3, -0.25) is 4.72 Å². The first-order valence-corrected chi connectivity index (χ1v) is 14.7. The zero-order valence-electron chi connectivity index (χ0n) is 19.9. The monoisotopic (exact) mass is 493 g/mol. The lowest BCUT2D eigenvalue weighted by atomic mass is 9.93. The van der Waals surface area contributed by atoms with Crippen molar-refractivity contribution in [3.63, 3.8) is 0 Å². The topological polar surface area (TPSA) is 95.6 Å².